The second-order valence-corrected chi connectivity index (χ2v) is 4.96. The van der Waals surface area contributed by atoms with E-state index in [0.717, 1.165) is 11.3 Å². The van der Waals surface area contributed by atoms with Crippen LogP contribution < -0.4 is 5.56 Å². The zero-order chi connectivity index (χ0) is 14.2. The molecule has 0 aliphatic carbocycles. The Morgan fingerprint density at radius 2 is 1.95 bits per heavy atom. The van der Waals surface area contributed by atoms with Crippen LogP contribution >= 0.6 is 12.6 Å². The van der Waals surface area contributed by atoms with Gasteiger partial charge in [-0.1, -0.05) is 0 Å². The zero-order valence-corrected chi connectivity index (χ0v) is 11.9. The third kappa shape index (κ3) is 2.61. The molecule has 0 N–H and O–H groups in total. The minimum Gasteiger partial charge on any atom is -0.293 e. The van der Waals surface area contributed by atoms with Crippen molar-refractivity contribution in [1.29, 1.82) is 0 Å². The zero-order valence-electron chi connectivity index (χ0n) is 11.0. The Morgan fingerprint density at radius 1 is 1.26 bits per heavy atom. The number of thiol groups is 1. The van der Waals surface area contributed by atoms with E-state index >= 15 is 0 Å². The third-order valence-electron chi connectivity index (χ3n) is 2.88. The van der Waals surface area contributed by atoms with Crippen LogP contribution in [0.5, 0.6) is 0 Å². The number of Topliss-reactive ketones (excluding diaryl/α,β-unsaturated/α-hetero) is 1. The fraction of sp³-hybridized carbons (Fsp3) is 0.214. The van der Waals surface area contributed by atoms with Crippen molar-refractivity contribution >= 4 is 18.4 Å². The lowest BCUT2D eigenvalue weighted by Crippen LogP contribution is -2.21. The fourth-order valence-corrected chi connectivity index (χ4v) is 2.24. The number of hydrogen-bond acceptors (Lipinski definition) is 4. The van der Waals surface area contributed by atoms with Crippen molar-refractivity contribution < 1.29 is 4.79 Å². The number of carbonyl (C=O) groups is 1. The van der Waals surface area contributed by atoms with E-state index in [9.17, 15) is 9.59 Å². The topological polar surface area (TPSA) is 52.0 Å². The van der Waals surface area contributed by atoms with Gasteiger partial charge in [-0.25, -0.2) is 0 Å². The minimum atomic E-state index is -0.172. The molecule has 0 saturated heterocycles. The molecular formula is C14H14N2O2S. The number of hydrogen-bond donors (Lipinski definition) is 1. The summed E-state index contributed by atoms with van der Waals surface area (Å²) in [4.78, 5) is 28.2. The predicted molar refractivity (Wildman–Crippen MR) is 76.6 cm³/mol. The van der Waals surface area contributed by atoms with Crippen molar-refractivity contribution in [3.8, 4) is 5.69 Å². The average molecular weight is 274 g/mol. The van der Waals surface area contributed by atoms with Crippen LogP contribution in [0.2, 0.25) is 0 Å². The van der Waals surface area contributed by atoms with Crippen molar-refractivity contribution in [3.63, 3.8) is 0 Å². The van der Waals surface area contributed by atoms with Gasteiger partial charge in [-0.2, -0.15) is 0 Å². The normalized spacial score (nSPS) is 10.5. The second kappa shape index (κ2) is 5.01. The molecule has 0 atom stereocenters. The maximum atomic E-state index is 12.1. The summed E-state index contributed by atoms with van der Waals surface area (Å²) in [7, 11) is 0. The van der Waals surface area contributed by atoms with Gasteiger partial charge in [0, 0.05) is 29.8 Å². The maximum Gasteiger partial charge on any atom is 0.256 e. The molecule has 2 heterocycles. The van der Waals surface area contributed by atoms with Gasteiger partial charge in [-0.3, -0.25) is 19.1 Å². The molecule has 2 rings (SSSR count). The van der Waals surface area contributed by atoms with Gasteiger partial charge in [0.25, 0.3) is 5.56 Å². The van der Waals surface area contributed by atoms with Crippen LogP contribution in [0.15, 0.2) is 34.1 Å². The van der Waals surface area contributed by atoms with Crippen molar-refractivity contribution in [1.82, 2.24) is 9.55 Å². The van der Waals surface area contributed by atoms with Crippen LogP contribution in [-0.4, -0.2) is 15.3 Å². The van der Waals surface area contributed by atoms with Crippen LogP contribution in [0, 0.1) is 13.8 Å². The lowest BCUT2D eigenvalue weighted by atomic mass is 10.2. The van der Waals surface area contributed by atoms with Gasteiger partial charge in [0.2, 0.25) is 0 Å². The van der Waals surface area contributed by atoms with Crippen LogP contribution in [-0.2, 0) is 0 Å². The van der Waals surface area contributed by atoms with Gasteiger partial charge in [-0.15, -0.1) is 12.6 Å². The van der Waals surface area contributed by atoms with E-state index in [4.69, 9.17) is 0 Å². The van der Waals surface area contributed by atoms with Crippen molar-refractivity contribution in [3.05, 3.63) is 51.7 Å². The Hall–Kier alpha value is -1.88. The molecule has 0 saturated carbocycles. The highest BCUT2D eigenvalue weighted by molar-refractivity contribution is 7.80. The highest BCUT2D eigenvalue weighted by Crippen LogP contribution is 2.16. The summed E-state index contributed by atoms with van der Waals surface area (Å²) in [6, 6.07) is 4.89. The highest BCUT2D eigenvalue weighted by Gasteiger charge is 2.10. The van der Waals surface area contributed by atoms with Gasteiger partial charge in [0.15, 0.2) is 5.78 Å². The maximum absolute atomic E-state index is 12.1. The Labute approximate surface area is 116 Å². The molecule has 0 bridgehead atoms. The first kappa shape index (κ1) is 13.5. The predicted octanol–water partition coefficient (Wildman–Crippen LogP) is 2.34. The molecule has 0 aromatic carbocycles. The van der Waals surface area contributed by atoms with Gasteiger partial charge in [0.05, 0.1) is 5.69 Å². The number of aryl methyl sites for hydroxylation is 2. The van der Waals surface area contributed by atoms with Crippen LogP contribution in [0.1, 0.15) is 28.7 Å². The van der Waals surface area contributed by atoms with E-state index in [1.807, 2.05) is 13.8 Å². The van der Waals surface area contributed by atoms with E-state index in [1.54, 1.807) is 22.9 Å². The molecule has 4 nitrogen and oxygen atoms in total. The number of pyridine rings is 2. The summed E-state index contributed by atoms with van der Waals surface area (Å²) in [6.45, 7) is 5.13. The minimum absolute atomic E-state index is 0.127. The summed E-state index contributed by atoms with van der Waals surface area (Å²) in [5.74, 6) is -0.127. The quantitative estimate of drug-likeness (QED) is 0.675. The van der Waals surface area contributed by atoms with Gasteiger partial charge in [0.1, 0.15) is 5.69 Å². The number of carbonyl (C=O) groups excluding carboxylic acids is 1. The van der Waals surface area contributed by atoms with E-state index < -0.39 is 0 Å². The van der Waals surface area contributed by atoms with E-state index in [1.165, 1.54) is 13.0 Å². The molecule has 2 aromatic rings. The molecular weight excluding hydrogens is 260 g/mol. The smallest absolute Gasteiger partial charge is 0.256 e. The standard InChI is InChI=1S/C14H14N2O2S/c1-8-7-15-12(10(3)17)6-13(8)16-9(2)4-11(19)5-14(16)18/h4-7,19H,1-3H3. The number of rotatable bonds is 2. The van der Waals surface area contributed by atoms with Gasteiger partial charge < -0.3 is 0 Å². The molecule has 5 heteroatoms. The first-order valence-corrected chi connectivity index (χ1v) is 6.25. The van der Waals surface area contributed by atoms with Crippen LogP contribution in [0.4, 0.5) is 0 Å². The lowest BCUT2D eigenvalue weighted by Gasteiger charge is -2.13. The Bertz CT molecular complexity index is 720. The molecule has 0 unspecified atom stereocenters. The monoisotopic (exact) mass is 274 g/mol. The largest absolute Gasteiger partial charge is 0.293 e. The molecule has 0 amide bonds. The van der Waals surface area contributed by atoms with Gasteiger partial charge in [-0.05, 0) is 31.5 Å². The lowest BCUT2D eigenvalue weighted by molar-refractivity contribution is 0.101. The average Bonchev–Trinajstić information content (AvgIpc) is 2.29. The Balaban J connectivity index is 2.75. The summed E-state index contributed by atoms with van der Waals surface area (Å²) >= 11 is 4.18. The number of nitrogens with zero attached hydrogens (tertiary/aromatic N) is 2. The van der Waals surface area contributed by atoms with E-state index in [-0.39, 0.29) is 11.3 Å². The Kier molecular flexibility index (Phi) is 3.57. The first-order chi connectivity index (χ1) is 8.90. The van der Waals surface area contributed by atoms with Crippen molar-refractivity contribution in [2.24, 2.45) is 0 Å². The SMILES string of the molecule is CC(=O)c1cc(-n2c(C)cc(S)cc2=O)c(C)cn1. The summed E-state index contributed by atoms with van der Waals surface area (Å²) in [5, 5.41) is 0. The van der Waals surface area contributed by atoms with Crippen LogP contribution in [0.25, 0.3) is 5.69 Å². The number of aromatic nitrogens is 2. The van der Waals surface area contributed by atoms with Crippen LogP contribution in [0.3, 0.4) is 0 Å². The summed E-state index contributed by atoms with van der Waals surface area (Å²) in [6.07, 6.45) is 1.60. The molecule has 19 heavy (non-hydrogen) atoms. The van der Waals surface area contributed by atoms with Crippen molar-refractivity contribution in [2.75, 3.05) is 0 Å². The molecule has 0 fully saturated rings. The molecule has 98 valence electrons. The Morgan fingerprint density at radius 3 is 2.53 bits per heavy atom. The third-order valence-corrected chi connectivity index (χ3v) is 3.14. The summed E-state index contributed by atoms with van der Waals surface area (Å²) < 4.78 is 1.56. The first-order valence-electron chi connectivity index (χ1n) is 5.81. The molecule has 0 radical (unpaired) electrons. The summed E-state index contributed by atoms with van der Waals surface area (Å²) in [5.41, 5.74) is 2.45. The van der Waals surface area contributed by atoms with E-state index in [2.05, 4.69) is 17.6 Å². The van der Waals surface area contributed by atoms with E-state index in [0.29, 0.717) is 16.3 Å². The highest BCUT2D eigenvalue weighted by atomic mass is 32.1. The van der Waals surface area contributed by atoms with Gasteiger partial charge >= 0.3 is 0 Å². The van der Waals surface area contributed by atoms with Crippen molar-refractivity contribution in [2.45, 2.75) is 25.7 Å². The fourth-order valence-electron chi connectivity index (χ4n) is 1.94. The molecule has 0 aliphatic heterocycles. The molecule has 0 aliphatic rings. The molecule has 0 spiro atoms. The second-order valence-electron chi connectivity index (χ2n) is 4.44. The number of ketones is 1. The molecule has 2 aromatic heterocycles.